The number of imide groups is 1. The molecule has 2 amide bonds. The zero-order valence-electron chi connectivity index (χ0n) is 16.0. The molecule has 0 rings (SSSR count). The lowest BCUT2D eigenvalue weighted by Gasteiger charge is -2.27. The lowest BCUT2D eigenvalue weighted by atomic mass is 10.2. The maximum absolute atomic E-state index is 12.3. The van der Waals surface area contributed by atoms with Crippen LogP contribution in [0.15, 0.2) is 0 Å². The summed E-state index contributed by atoms with van der Waals surface area (Å²) in [4.78, 5) is 48.3. The van der Waals surface area contributed by atoms with Crippen LogP contribution in [0.3, 0.4) is 0 Å². The van der Waals surface area contributed by atoms with Crippen LogP contribution in [0.4, 0.5) is 0 Å². The van der Waals surface area contributed by atoms with E-state index in [-0.39, 0.29) is 23.7 Å². The van der Waals surface area contributed by atoms with E-state index < -0.39 is 35.8 Å². The number of hydrogen-bond donors (Lipinski definition) is 1. The van der Waals surface area contributed by atoms with Crippen LogP contribution < -0.4 is 5.73 Å². The number of nitrogens with zero attached hydrogens (tertiary/aromatic N) is 1. The Morgan fingerprint density at radius 3 is 1.69 bits per heavy atom. The minimum absolute atomic E-state index is 0.126. The molecule has 0 heterocycles. The number of rotatable bonds is 10. The molecular formula is C16H28N2O6S2. The summed E-state index contributed by atoms with van der Waals surface area (Å²) >= 11 is 0. The molecule has 2 atom stereocenters. The SMILES string of the molecule is CC(=O)N(C(C)=O)C(CSSCC(N)C(=O)OC(C)C)C(=O)OC(C)C. The summed E-state index contributed by atoms with van der Waals surface area (Å²) < 4.78 is 10.2. The summed E-state index contributed by atoms with van der Waals surface area (Å²) in [5.41, 5.74) is 5.75. The van der Waals surface area contributed by atoms with Crippen molar-refractivity contribution in [2.45, 2.75) is 65.8 Å². The number of carbonyl (C=O) groups excluding carboxylic acids is 4. The van der Waals surface area contributed by atoms with Crippen LogP contribution in [-0.2, 0) is 28.7 Å². The summed E-state index contributed by atoms with van der Waals surface area (Å²) in [6.45, 7) is 9.26. The van der Waals surface area contributed by atoms with Gasteiger partial charge in [-0.05, 0) is 27.7 Å². The van der Waals surface area contributed by atoms with Gasteiger partial charge in [-0.3, -0.25) is 19.3 Å². The summed E-state index contributed by atoms with van der Waals surface area (Å²) in [5.74, 6) is -1.83. The lowest BCUT2D eigenvalue weighted by Crippen LogP contribution is -2.49. The second kappa shape index (κ2) is 12.2. The van der Waals surface area contributed by atoms with E-state index in [4.69, 9.17) is 15.2 Å². The quantitative estimate of drug-likeness (QED) is 0.325. The van der Waals surface area contributed by atoms with Crippen LogP contribution in [0.25, 0.3) is 0 Å². The molecule has 2 unspecified atom stereocenters. The Morgan fingerprint density at radius 1 is 0.846 bits per heavy atom. The molecule has 0 aromatic rings. The Labute approximate surface area is 162 Å². The van der Waals surface area contributed by atoms with E-state index in [0.717, 1.165) is 4.90 Å². The first kappa shape index (κ1) is 24.7. The smallest absolute Gasteiger partial charge is 0.330 e. The Morgan fingerprint density at radius 2 is 1.27 bits per heavy atom. The zero-order chi connectivity index (χ0) is 20.4. The summed E-state index contributed by atoms with van der Waals surface area (Å²) in [7, 11) is 2.48. The molecule has 10 heteroatoms. The van der Waals surface area contributed by atoms with Crippen molar-refractivity contribution in [2.75, 3.05) is 11.5 Å². The van der Waals surface area contributed by atoms with Crippen LogP contribution in [0, 0.1) is 0 Å². The van der Waals surface area contributed by atoms with Crippen molar-refractivity contribution in [3.05, 3.63) is 0 Å². The molecule has 0 aromatic heterocycles. The fraction of sp³-hybridized carbons (Fsp3) is 0.750. The highest BCUT2D eigenvalue weighted by Crippen LogP contribution is 2.25. The van der Waals surface area contributed by atoms with Crippen molar-refractivity contribution in [2.24, 2.45) is 5.73 Å². The first-order valence-electron chi connectivity index (χ1n) is 8.18. The minimum Gasteiger partial charge on any atom is -0.462 e. The van der Waals surface area contributed by atoms with Gasteiger partial charge in [-0.2, -0.15) is 0 Å². The van der Waals surface area contributed by atoms with Crippen molar-refractivity contribution in [1.82, 2.24) is 4.90 Å². The van der Waals surface area contributed by atoms with Gasteiger partial charge in [-0.15, -0.1) is 0 Å². The maximum Gasteiger partial charge on any atom is 0.330 e. The normalized spacial score (nSPS) is 13.3. The van der Waals surface area contributed by atoms with Gasteiger partial charge < -0.3 is 15.2 Å². The highest BCUT2D eigenvalue weighted by atomic mass is 33.1. The molecular weight excluding hydrogens is 380 g/mol. The first-order valence-corrected chi connectivity index (χ1v) is 10.7. The average molecular weight is 409 g/mol. The van der Waals surface area contributed by atoms with Gasteiger partial charge in [0.2, 0.25) is 11.8 Å². The van der Waals surface area contributed by atoms with Crippen molar-refractivity contribution < 1.29 is 28.7 Å². The van der Waals surface area contributed by atoms with E-state index in [9.17, 15) is 19.2 Å². The number of amides is 2. The maximum atomic E-state index is 12.3. The molecule has 0 aliphatic rings. The molecule has 2 N–H and O–H groups in total. The third kappa shape index (κ3) is 9.44. The van der Waals surface area contributed by atoms with E-state index in [0.29, 0.717) is 0 Å². The Balaban J connectivity index is 4.79. The minimum atomic E-state index is -1.04. The molecule has 8 nitrogen and oxygen atoms in total. The number of nitrogens with two attached hydrogens (primary N) is 1. The molecule has 0 spiro atoms. The molecule has 0 saturated heterocycles. The predicted molar refractivity (Wildman–Crippen MR) is 102 cm³/mol. The molecule has 0 saturated carbocycles. The molecule has 0 bridgehead atoms. The van der Waals surface area contributed by atoms with Crippen LogP contribution in [0.1, 0.15) is 41.5 Å². The molecule has 0 radical (unpaired) electrons. The van der Waals surface area contributed by atoms with Gasteiger partial charge in [0.1, 0.15) is 12.1 Å². The number of carbonyl (C=O) groups is 4. The van der Waals surface area contributed by atoms with Gasteiger partial charge in [0.15, 0.2) is 0 Å². The highest BCUT2D eigenvalue weighted by Gasteiger charge is 2.33. The van der Waals surface area contributed by atoms with Crippen LogP contribution in [0.5, 0.6) is 0 Å². The van der Waals surface area contributed by atoms with Gasteiger partial charge in [-0.25, -0.2) is 4.79 Å². The summed E-state index contributed by atoms with van der Waals surface area (Å²) in [5, 5.41) is 0. The van der Waals surface area contributed by atoms with E-state index in [1.165, 1.54) is 35.4 Å². The molecule has 0 aliphatic heterocycles. The Bertz CT molecular complexity index is 499. The second-order valence-corrected chi connectivity index (χ2v) is 8.62. The molecule has 150 valence electrons. The van der Waals surface area contributed by atoms with Gasteiger partial charge in [0.25, 0.3) is 0 Å². The molecule has 26 heavy (non-hydrogen) atoms. The van der Waals surface area contributed by atoms with E-state index >= 15 is 0 Å². The third-order valence-corrected chi connectivity index (χ3v) is 5.26. The fourth-order valence-corrected chi connectivity index (χ4v) is 4.13. The predicted octanol–water partition coefficient (Wildman–Crippen LogP) is 1.36. The highest BCUT2D eigenvalue weighted by molar-refractivity contribution is 8.76. The Kier molecular flexibility index (Phi) is 11.6. The van der Waals surface area contributed by atoms with Crippen molar-refractivity contribution in [3.8, 4) is 0 Å². The average Bonchev–Trinajstić information content (AvgIpc) is 2.47. The monoisotopic (exact) mass is 408 g/mol. The van der Waals surface area contributed by atoms with Gasteiger partial charge in [0.05, 0.1) is 12.2 Å². The van der Waals surface area contributed by atoms with Gasteiger partial charge >= 0.3 is 11.9 Å². The zero-order valence-corrected chi connectivity index (χ0v) is 17.6. The first-order chi connectivity index (χ1) is 12.0. The fourth-order valence-electron chi connectivity index (χ4n) is 1.84. The Hall–Kier alpha value is -1.26. The standard InChI is InChI=1S/C16H28N2O6S2/c1-9(2)23-15(21)13(17)7-25-26-8-14(16(22)24-10(3)4)18(11(5)19)12(6)20/h9-10,13-14H,7-8,17H2,1-6H3. The largest absolute Gasteiger partial charge is 0.462 e. The second-order valence-electron chi connectivity index (χ2n) is 6.07. The van der Waals surface area contributed by atoms with Crippen LogP contribution >= 0.6 is 21.6 Å². The van der Waals surface area contributed by atoms with Crippen molar-refractivity contribution in [3.63, 3.8) is 0 Å². The van der Waals surface area contributed by atoms with E-state index in [1.807, 2.05) is 0 Å². The van der Waals surface area contributed by atoms with Crippen molar-refractivity contribution >= 4 is 45.3 Å². The van der Waals surface area contributed by atoms with Gasteiger partial charge in [-0.1, -0.05) is 21.6 Å². The van der Waals surface area contributed by atoms with Gasteiger partial charge in [0, 0.05) is 25.4 Å². The molecule has 0 fully saturated rings. The van der Waals surface area contributed by atoms with Crippen LogP contribution in [-0.4, -0.2) is 64.5 Å². The summed E-state index contributed by atoms with van der Waals surface area (Å²) in [6, 6.07) is -1.84. The number of ether oxygens (including phenoxy) is 2. The number of esters is 2. The topological polar surface area (TPSA) is 116 Å². The van der Waals surface area contributed by atoms with E-state index in [2.05, 4.69) is 0 Å². The molecule has 0 aromatic carbocycles. The van der Waals surface area contributed by atoms with E-state index in [1.54, 1.807) is 27.7 Å². The molecule has 0 aliphatic carbocycles. The summed E-state index contributed by atoms with van der Waals surface area (Å²) in [6.07, 6.45) is -0.622. The lowest BCUT2D eigenvalue weighted by molar-refractivity contribution is -0.161. The van der Waals surface area contributed by atoms with Crippen molar-refractivity contribution in [1.29, 1.82) is 0 Å². The third-order valence-electron chi connectivity index (χ3n) is 2.83. The van der Waals surface area contributed by atoms with Crippen LogP contribution in [0.2, 0.25) is 0 Å². The number of hydrogen-bond acceptors (Lipinski definition) is 9.